The largest absolute Gasteiger partial charge is 0.393 e. The van der Waals surface area contributed by atoms with Crippen LogP contribution in [0.3, 0.4) is 0 Å². The number of nitriles is 1. The zero-order valence-corrected chi connectivity index (χ0v) is 16.4. The van der Waals surface area contributed by atoms with E-state index in [2.05, 4.69) is 26.8 Å². The van der Waals surface area contributed by atoms with E-state index in [1.807, 2.05) is 7.11 Å². The van der Waals surface area contributed by atoms with Crippen LogP contribution in [0.2, 0.25) is 0 Å². The fourth-order valence-electron chi connectivity index (χ4n) is 8.12. The molecule has 25 heavy (non-hydrogen) atoms. The molecule has 3 nitrogen and oxygen atoms in total. The average molecular weight is 346 g/mol. The van der Waals surface area contributed by atoms with E-state index in [1.165, 1.54) is 19.3 Å². The second kappa shape index (κ2) is 5.96. The topological polar surface area (TPSA) is 53.2 Å². The summed E-state index contributed by atoms with van der Waals surface area (Å²) >= 11 is 0. The van der Waals surface area contributed by atoms with Crippen LogP contribution in [-0.4, -0.2) is 24.4 Å². The van der Waals surface area contributed by atoms with Gasteiger partial charge < -0.3 is 9.84 Å². The molecule has 4 rings (SSSR count). The molecule has 0 aromatic rings. The number of aliphatic hydroxyl groups is 1. The molecule has 0 aromatic heterocycles. The standard InChI is InChI=1S/C22H35NO2/c1-13-10-22(3)14(9-18(13)24)5-7-16-17-8-6-15(12-23)21(17,2)11-19(25-4)20(16)22/h13-20,24H,5-11H2,1-4H3. The van der Waals surface area contributed by atoms with Crippen molar-refractivity contribution in [1.82, 2.24) is 0 Å². The molecule has 10 atom stereocenters. The molecule has 140 valence electrons. The van der Waals surface area contributed by atoms with E-state index < -0.39 is 0 Å². The Morgan fingerprint density at radius 3 is 2.52 bits per heavy atom. The average Bonchev–Trinajstić information content (AvgIpc) is 2.91. The normalized spacial score (nSPS) is 57.9. The Kier molecular flexibility index (Phi) is 4.25. The van der Waals surface area contributed by atoms with Crippen molar-refractivity contribution in [2.75, 3.05) is 7.11 Å². The lowest BCUT2D eigenvalue weighted by atomic mass is 9.43. The summed E-state index contributed by atoms with van der Waals surface area (Å²) in [5.74, 6) is 3.21. The Hall–Kier alpha value is -0.590. The quantitative estimate of drug-likeness (QED) is 0.766. The highest BCUT2D eigenvalue weighted by Crippen LogP contribution is 2.68. The molecule has 4 fully saturated rings. The molecular weight excluding hydrogens is 310 g/mol. The third-order valence-corrected chi connectivity index (χ3v) is 9.37. The minimum absolute atomic E-state index is 0.126. The van der Waals surface area contributed by atoms with Gasteiger partial charge in [-0.05, 0) is 85.4 Å². The van der Waals surface area contributed by atoms with Crippen molar-refractivity contribution >= 4 is 0 Å². The Morgan fingerprint density at radius 2 is 1.84 bits per heavy atom. The van der Waals surface area contributed by atoms with Crippen molar-refractivity contribution in [3.63, 3.8) is 0 Å². The highest BCUT2D eigenvalue weighted by molar-refractivity contribution is 5.15. The van der Waals surface area contributed by atoms with Crippen LogP contribution in [0.4, 0.5) is 0 Å². The molecular formula is C22H35NO2. The van der Waals surface area contributed by atoms with Gasteiger partial charge in [-0.1, -0.05) is 20.8 Å². The van der Waals surface area contributed by atoms with Crippen LogP contribution in [-0.2, 0) is 4.74 Å². The van der Waals surface area contributed by atoms with Crippen LogP contribution < -0.4 is 0 Å². The van der Waals surface area contributed by atoms with E-state index in [4.69, 9.17) is 4.74 Å². The minimum atomic E-state index is -0.126. The first-order valence-electron chi connectivity index (χ1n) is 10.5. The third-order valence-electron chi connectivity index (χ3n) is 9.37. The third kappa shape index (κ3) is 2.36. The van der Waals surface area contributed by atoms with Gasteiger partial charge in [0.1, 0.15) is 0 Å². The lowest BCUT2D eigenvalue weighted by Crippen LogP contribution is -2.60. The SMILES string of the molecule is COC1CC2(C)C(C#N)CCC2C2CCC3CC(O)C(C)CC3(C)C12. The number of ether oxygens (including phenoxy) is 1. The van der Waals surface area contributed by atoms with Crippen molar-refractivity contribution in [3.8, 4) is 6.07 Å². The summed E-state index contributed by atoms with van der Waals surface area (Å²) in [5, 5.41) is 20.1. The van der Waals surface area contributed by atoms with Gasteiger partial charge in [-0.15, -0.1) is 0 Å². The number of methoxy groups -OCH3 is 1. The fraction of sp³-hybridized carbons (Fsp3) is 0.955. The summed E-state index contributed by atoms with van der Waals surface area (Å²) < 4.78 is 6.13. The molecule has 0 amide bonds. The molecule has 0 aromatic carbocycles. The van der Waals surface area contributed by atoms with Crippen molar-refractivity contribution in [3.05, 3.63) is 0 Å². The van der Waals surface area contributed by atoms with Crippen molar-refractivity contribution < 1.29 is 9.84 Å². The van der Waals surface area contributed by atoms with Gasteiger partial charge in [0.15, 0.2) is 0 Å². The fourth-order valence-corrected chi connectivity index (χ4v) is 8.12. The molecule has 0 radical (unpaired) electrons. The van der Waals surface area contributed by atoms with Gasteiger partial charge in [-0.2, -0.15) is 5.26 Å². The van der Waals surface area contributed by atoms with Crippen molar-refractivity contribution in [2.45, 2.75) is 77.9 Å². The first kappa shape index (κ1) is 17.8. The smallest absolute Gasteiger partial charge is 0.0661 e. The van der Waals surface area contributed by atoms with Crippen LogP contribution in [0.15, 0.2) is 0 Å². The first-order valence-corrected chi connectivity index (χ1v) is 10.5. The predicted molar refractivity (Wildman–Crippen MR) is 97.6 cm³/mol. The molecule has 4 aliphatic rings. The van der Waals surface area contributed by atoms with Crippen LogP contribution >= 0.6 is 0 Å². The number of hydrogen-bond donors (Lipinski definition) is 1. The van der Waals surface area contributed by atoms with Gasteiger partial charge in [0.05, 0.1) is 24.2 Å². The van der Waals surface area contributed by atoms with E-state index in [9.17, 15) is 10.4 Å². The lowest BCUT2D eigenvalue weighted by molar-refractivity contribution is -0.191. The Bertz CT molecular complexity index is 571. The second-order valence-electron chi connectivity index (χ2n) is 10.3. The van der Waals surface area contributed by atoms with Crippen LogP contribution in [0.5, 0.6) is 0 Å². The van der Waals surface area contributed by atoms with E-state index in [0.717, 1.165) is 25.7 Å². The number of rotatable bonds is 1. The molecule has 10 unspecified atom stereocenters. The summed E-state index contributed by atoms with van der Waals surface area (Å²) in [4.78, 5) is 0. The summed E-state index contributed by atoms with van der Waals surface area (Å²) in [6, 6.07) is 2.63. The maximum atomic E-state index is 10.4. The van der Waals surface area contributed by atoms with Crippen LogP contribution in [0.1, 0.15) is 65.7 Å². The van der Waals surface area contributed by atoms with Crippen molar-refractivity contribution in [1.29, 1.82) is 5.26 Å². The van der Waals surface area contributed by atoms with Gasteiger partial charge in [0.2, 0.25) is 0 Å². The van der Waals surface area contributed by atoms with Gasteiger partial charge in [-0.25, -0.2) is 0 Å². The van der Waals surface area contributed by atoms with Crippen molar-refractivity contribution in [2.24, 2.45) is 46.3 Å². The highest BCUT2D eigenvalue weighted by Gasteiger charge is 2.64. The molecule has 4 aliphatic carbocycles. The maximum Gasteiger partial charge on any atom is 0.0661 e. The van der Waals surface area contributed by atoms with Gasteiger partial charge >= 0.3 is 0 Å². The van der Waals surface area contributed by atoms with Gasteiger partial charge in [0, 0.05) is 7.11 Å². The van der Waals surface area contributed by atoms with Gasteiger partial charge in [0.25, 0.3) is 0 Å². The predicted octanol–water partition coefficient (Wildman–Crippen LogP) is 4.40. The lowest BCUT2D eigenvalue weighted by Gasteiger charge is -2.63. The zero-order valence-electron chi connectivity index (χ0n) is 16.4. The molecule has 0 heterocycles. The van der Waals surface area contributed by atoms with Crippen LogP contribution in [0, 0.1) is 57.7 Å². The number of hydrogen-bond acceptors (Lipinski definition) is 3. The minimum Gasteiger partial charge on any atom is -0.393 e. The summed E-state index contributed by atoms with van der Waals surface area (Å²) in [7, 11) is 1.88. The van der Waals surface area contributed by atoms with E-state index in [1.54, 1.807) is 0 Å². The summed E-state index contributed by atoms with van der Waals surface area (Å²) in [6.07, 6.45) is 8.12. The molecule has 0 saturated heterocycles. The summed E-state index contributed by atoms with van der Waals surface area (Å²) in [5.41, 5.74) is 0.424. The molecule has 0 spiro atoms. The number of nitrogens with zero attached hydrogens (tertiary/aromatic N) is 1. The molecule has 0 aliphatic heterocycles. The molecule has 4 saturated carbocycles. The van der Waals surface area contributed by atoms with E-state index in [0.29, 0.717) is 29.6 Å². The Labute approximate surface area is 153 Å². The Morgan fingerprint density at radius 1 is 1.08 bits per heavy atom. The van der Waals surface area contributed by atoms with E-state index in [-0.39, 0.29) is 29.0 Å². The van der Waals surface area contributed by atoms with E-state index >= 15 is 0 Å². The first-order chi connectivity index (χ1) is 11.8. The second-order valence-corrected chi connectivity index (χ2v) is 10.3. The number of aliphatic hydroxyl groups excluding tert-OH is 1. The van der Waals surface area contributed by atoms with Gasteiger partial charge in [-0.3, -0.25) is 0 Å². The zero-order chi connectivity index (χ0) is 18.0. The molecule has 0 bridgehead atoms. The molecule has 1 N–H and O–H groups in total. The maximum absolute atomic E-state index is 10.4. The molecule has 3 heteroatoms. The monoisotopic (exact) mass is 345 g/mol. The van der Waals surface area contributed by atoms with Crippen LogP contribution in [0.25, 0.3) is 0 Å². The highest BCUT2D eigenvalue weighted by atomic mass is 16.5. The number of fused-ring (bicyclic) bond motifs is 5. The summed E-state index contributed by atoms with van der Waals surface area (Å²) in [6.45, 7) is 7.11. The Balaban J connectivity index is 1.71.